The smallest absolute Gasteiger partial charge is 0.341 e. The number of aromatic nitrogens is 1. The monoisotopic (exact) mass is 384 g/mol. The number of hydrogen-bond donors (Lipinski definition) is 1. The highest BCUT2D eigenvalue weighted by Gasteiger charge is 2.31. The van der Waals surface area contributed by atoms with Gasteiger partial charge in [0.1, 0.15) is 23.0 Å². The van der Waals surface area contributed by atoms with Crippen LogP contribution in [-0.4, -0.2) is 53.3 Å². The molecule has 146 valence electrons. The lowest BCUT2D eigenvalue weighted by Crippen LogP contribution is -2.46. The Hall–Kier alpha value is -2.92. The maximum Gasteiger partial charge on any atom is 0.341 e. The summed E-state index contributed by atoms with van der Waals surface area (Å²) in [4.78, 5) is 28.3. The highest BCUT2D eigenvalue weighted by atomic mass is 19.1. The number of carbonyl (C=O) groups is 1. The third-order valence-electron chi connectivity index (χ3n) is 5.66. The quantitative estimate of drug-likeness (QED) is 0.869. The average molecular weight is 384 g/mol. The molecular formula is C20H21FN4O3. The van der Waals surface area contributed by atoms with Crippen LogP contribution < -0.4 is 10.3 Å². The van der Waals surface area contributed by atoms with Gasteiger partial charge < -0.3 is 19.5 Å². The summed E-state index contributed by atoms with van der Waals surface area (Å²) in [5, 5.41) is 19.2. The van der Waals surface area contributed by atoms with Crippen molar-refractivity contribution in [3.8, 4) is 6.07 Å². The lowest BCUT2D eigenvalue weighted by Gasteiger charge is -2.36. The van der Waals surface area contributed by atoms with Gasteiger partial charge in [0, 0.05) is 38.4 Å². The van der Waals surface area contributed by atoms with Gasteiger partial charge >= 0.3 is 5.97 Å². The van der Waals surface area contributed by atoms with Crippen LogP contribution in [0.4, 0.5) is 10.1 Å². The van der Waals surface area contributed by atoms with Crippen LogP contribution in [-0.2, 0) is 0 Å². The summed E-state index contributed by atoms with van der Waals surface area (Å²) >= 11 is 0. The van der Waals surface area contributed by atoms with E-state index in [-0.39, 0.29) is 22.7 Å². The van der Waals surface area contributed by atoms with E-state index in [1.54, 1.807) is 4.57 Å². The maximum atomic E-state index is 15.1. The molecule has 1 aliphatic heterocycles. The number of hydrogen-bond acceptors (Lipinski definition) is 5. The molecule has 1 aromatic heterocycles. The lowest BCUT2D eigenvalue weighted by molar-refractivity contribution is 0.0695. The van der Waals surface area contributed by atoms with Crippen LogP contribution in [0.3, 0.4) is 0 Å². The molecule has 1 aliphatic carbocycles. The first kappa shape index (κ1) is 18.4. The second kappa shape index (κ2) is 6.91. The number of piperazine rings is 1. The molecule has 0 spiro atoms. The molecule has 1 N–H and O–H groups in total. The summed E-state index contributed by atoms with van der Waals surface area (Å²) in [7, 11) is 0. The van der Waals surface area contributed by atoms with Crippen molar-refractivity contribution in [2.45, 2.75) is 25.8 Å². The molecule has 7 nitrogen and oxygen atoms in total. The zero-order valence-corrected chi connectivity index (χ0v) is 15.6. The molecule has 2 fully saturated rings. The van der Waals surface area contributed by atoms with Crippen molar-refractivity contribution < 1.29 is 14.3 Å². The SMILES string of the molecule is CCN1CCN(c2c(F)cc3c(=O)c(C(=O)O)cn(C4CC4)c3c2C#N)CC1. The number of carboxylic acids is 1. The molecule has 0 unspecified atom stereocenters. The second-order valence-electron chi connectivity index (χ2n) is 7.33. The summed E-state index contributed by atoms with van der Waals surface area (Å²) < 4.78 is 16.8. The van der Waals surface area contributed by atoms with Gasteiger partial charge in [0.05, 0.1) is 16.6 Å². The molecule has 1 saturated heterocycles. The largest absolute Gasteiger partial charge is 0.477 e. The third-order valence-corrected chi connectivity index (χ3v) is 5.66. The highest BCUT2D eigenvalue weighted by Crippen LogP contribution is 2.40. The van der Waals surface area contributed by atoms with Crippen molar-refractivity contribution in [3.63, 3.8) is 0 Å². The Morgan fingerprint density at radius 3 is 2.54 bits per heavy atom. The number of carboxylic acid groups (broad SMARTS) is 1. The molecule has 28 heavy (non-hydrogen) atoms. The summed E-state index contributed by atoms with van der Waals surface area (Å²) in [6, 6.07) is 3.23. The van der Waals surface area contributed by atoms with Gasteiger partial charge in [-0.15, -0.1) is 0 Å². The van der Waals surface area contributed by atoms with Crippen LogP contribution in [0.1, 0.15) is 41.7 Å². The predicted molar refractivity (Wildman–Crippen MR) is 102 cm³/mol. The van der Waals surface area contributed by atoms with Crippen LogP contribution in [0.2, 0.25) is 0 Å². The standard InChI is InChI=1S/C20H21FN4O3/c1-2-23-5-7-24(8-6-23)18-14(10-22)17-13(9-16(18)21)19(26)15(20(27)28)11-25(17)12-3-4-12/h9,11-12H,2-8H2,1H3,(H,27,28). The molecule has 2 heterocycles. The highest BCUT2D eigenvalue weighted by molar-refractivity contribution is 5.96. The van der Waals surface area contributed by atoms with E-state index in [9.17, 15) is 20.0 Å². The number of halogens is 1. The van der Waals surface area contributed by atoms with Crippen molar-refractivity contribution in [2.24, 2.45) is 0 Å². The van der Waals surface area contributed by atoms with E-state index < -0.39 is 22.8 Å². The fraction of sp³-hybridized carbons (Fsp3) is 0.450. The van der Waals surface area contributed by atoms with E-state index in [0.29, 0.717) is 18.6 Å². The number of nitrogens with zero attached hydrogens (tertiary/aromatic N) is 4. The van der Waals surface area contributed by atoms with Gasteiger partial charge in [0.15, 0.2) is 0 Å². The van der Waals surface area contributed by atoms with E-state index in [0.717, 1.165) is 38.5 Å². The van der Waals surface area contributed by atoms with Crippen molar-refractivity contribution in [2.75, 3.05) is 37.6 Å². The summed E-state index contributed by atoms with van der Waals surface area (Å²) in [5.41, 5.74) is -0.484. The van der Waals surface area contributed by atoms with Crippen molar-refractivity contribution in [3.05, 3.63) is 39.4 Å². The molecular weight excluding hydrogens is 363 g/mol. The Bertz CT molecular complexity index is 1060. The fourth-order valence-electron chi connectivity index (χ4n) is 3.97. The molecule has 2 aromatic rings. The number of likely N-dealkylation sites (N-methyl/N-ethyl adjacent to an activating group) is 1. The van der Waals surface area contributed by atoms with E-state index >= 15 is 4.39 Å². The normalized spacial score (nSPS) is 17.7. The third kappa shape index (κ3) is 2.92. The molecule has 0 atom stereocenters. The van der Waals surface area contributed by atoms with Crippen molar-refractivity contribution >= 4 is 22.6 Å². The van der Waals surface area contributed by atoms with Gasteiger partial charge in [0.25, 0.3) is 0 Å². The zero-order valence-electron chi connectivity index (χ0n) is 15.6. The molecule has 0 amide bonds. The maximum absolute atomic E-state index is 15.1. The van der Waals surface area contributed by atoms with Gasteiger partial charge in [-0.3, -0.25) is 4.79 Å². The van der Waals surface area contributed by atoms with Gasteiger partial charge in [-0.25, -0.2) is 9.18 Å². The number of aromatic carboxylic acids is 1. The molecule has 1 aromatic carbocycles. The minimum atomic E-state index is -1.35. The first-order valence-corrected chi connectivity index (χ1v) is 9.48. The number of nitriles is 1. The van der Waals surface area contributed by atoms with E-state index in [4.69, 9.17) is 0 Å². The van der Waals surface area contributed by atoms with Crippen LogP contribution in [0, 0.1) is 17.1 Å². The topological polar surface area (TPSA) is 89.6 Å². The van der Waals surface area contributed by atoms with Gasteiger partial charge in [0.2, 0.25) is 5.43 Å². The zero-order chi connectivity index (χ0) is 20.0. The Kier molecular flexibility index (Phi) is 4.55. The Balaban J connectivity index is 1.96. The number of pyridine rings is 1. The Morgan fingerprint density at radius 1 is 1.32 bits per heavy atom. The molecule has 4 rings (SSSR count). The van der Waals surface area contributed by atoms with Gasteiger partial charge in [-0.2, -0.15) is 5.26 Å². The Labute approximate surface area is 161 Å². The molecule has 8 heteroatoms. The van der Waals surface area contributed by atoms with E-state index in [1.165, 1.54) is 6.20 Å². The molecule has 1 saturated carbocycles. The van der Waals surface area contributed by atoms with Crippen molar-refractivity contribution in [1.82, 2.24) is 9.47 Å². The first-order chi connectivity index (χ1) is 13.5. The minimum Gasteiger partial charge on any atom is -0.477 e. The van der Waals surface area contributed by atoms with Crippen LogP contribution in [0.15, 0.2) is 17.1 Å². The first-order valence-electron chi connectivity index (χ1n) is 9.48. The number of fused-ring (bicyclic) bond motifs is 1. The van der Waals surface area contributed by atoms with Gasteiger partial charge in [-0.1, -0.05) is 6.92 Å². The predicted octanol–water partition coefficient (Wildman–Crippen LogP) is 2.19. The van der Waals surface area contributed by atoms with E-state index in [2.05, 4.69) is 17.9 Å². The lowest BCUT2D eigenvalue weighted by atomic mass is 10.0. The molecule has 0 radical (unpaired) electrons. The number of anilines is 1. The minimum absolute atomic E-state index is 0.0311. The average Bonchev–Trinajstić information content (AvgIpc) is 3.52. The summed E-state index contributed by atoms with van der Waals surface area (Å²) in [6.07, 6.45) is 2.98. The fourth-order valence-corrected chi connectivity index (χ4v) is 3.97. The second-order valence-corrected chi connectivity index (χ2v) is 7.33. The summed E-state index contributed by atoms with van der Waals surface area (Å²) in [5.74, 6) is -2.00. The Morgan fingerprint density at radius 2 is 2.00 bits per heavy atom. The van der Waals surface area contributed by atoms with Crippen LogP contribution in [0.25, 0.3) is 10.9 Å². The summed E-state index contributed by atoms with van der Waals surface area (Å²) in [6.45, 7) is 5.70. The van der Waals surface area contributed by atoms with Crippen LogP contribution >= 0.6 is 0 Å². The van der Waals surface area contributed by atoms with Crippen molar-refractivity contribution in [1.29, 1.82) is 5.26 Å². The van der Waals surface area contributed by atoms with E-state index in [1.807, 2.05) is 4.90 Å². The molecule has 2 aliphatic rings. The molecule has 0 bridgehead atoms. The number of rotatable bonds is 4. The van der Waals surface area contributed by atoms with Crippen LogP contribution in [0.5, 0.6) is 0 Å². The number of benzene rings is 1. The van der Waals surface area contributed by atoms with Gasteiger partial charge in [-0.05, 0) is 25.5 Å².